The third-order valence-corrected chi connectivity index (χ3v) is 4.48. The number of sulfonamides is 1. The molecule has 0 unspecified atom stereocenters. The van der Waals surface area contributed by atoms with Gasteiger partial charge < -0.3 is 4.74 Å². The number of nitrogens with zero attached hydrogens (tertiary/aromatic N) is 1. The molecule has 0 saturated carbocycles. The number of hydrogen-bond donors (Lipinski definition) is 1. The lowest BCUT2D eigenvalue weighted by molar-refractivity contribution is 0.402. The summed E-state index contributed by atoms with van der Waals surface area (Å²) in [6.45, 7) is 1.78. The van der Waals surface area contributed by atoms with E-state index in [0.29, 0.717) is 10.7 Å². The lowest BCUT2D eigenvalue weighted by atomic mass is 10.2. The predicted octanol–water partition coefficient (Wildman–Crippen LogP) is 2.85. The van der Waals surface area contributed by atoms with Gasteiger partial charge in [0.15, 0.2) is 0 Å². The minimum atomic E-state index is -3.78. The number of nitrogens with one attached hydrogen (secondary N) is 1. The molecule has 20 heavy (non-hydrogen) atoms. The highest BCUT2D eigenvalue weighted by Crippen LogP contribution is 2.31. The third kappa shape index (κ3) is 3.02. The van der Waals surface area contributed by atoms with Gasteiger partial charge in [0.1, 0.15) is 10.6 Å². The number of aromatic nitrogens is 1. The summed E-state index contributed by atoms with van der Waals surface area (Å²) >= 11 is 5.99. The second kappa shape index (κ2) is 5.68. The Kier molecular flexibility index (Phi) is 4.15. The van der Waals surface area contributed by atoms with E-state index in [1.54, 1.807) is 25.1 Å². The van der Waals surface area contributed by atoms with Crippen molar-refractivity contribution < 1.29 is 13.2 Å². The summed E-state index contributed by atoms with van der Waals surface area (Å²) in [5, 5.41) is 0.362. The van der Waals surface area contributed by atoms with E-state index in [0.717, 1.165) is 5.56 Å². The van der Waals surface area contributed by atoms with Gasteiger partial charge in [-0.1, -0.05) is 11.6 Å². The number of rotatable bonds is 4. The molecule has 0 aliphatic heterocycles. The van der Waals surface area contributed by atoms with Crippen LogP contribution in [0.5, 0.6) is 5.75 Å². The monoisotopic (exact) mass is 312 g/mol. The first-order chi connectivity index (χ1) is 9.44. The zero-order chi connectivity index (χ0) is 14.8. The molecule has 0 bridgehead atoms. The van der Waals surface area contributed by atoms with Crippen molar-refractivity contribution in [3.8, 4) is 5.75 Å². The van der Waals surface area contributed by atoms with E-state index in [1.165, 1.54) is 25.6 Å². The molecule has 0 aliphatic rings. The number of ether oxygens (including phenoxy) is 1. The van der Waals surface area contributed by atoms with Crippen LogP contribution in [0.2, 0.25) is 5.02 Å². The van der Waals surface area contributed by atoms with Gasteiger partial charge in [-0.2, -0.15) is 0 Å². The van der Waals surface area contributed by atoms with Crippen LogP contribution in [0.4, 0.5) is 5.69 Å². The van der Waals surface area contributed by atoms with Crippen LogP contribution in [0.1, 0.15) is 5.56 Å². The number of benzene rings is 1. The van der Waals surface area contributed by atoms with E-state index in [4.69, 9.17) is 16.3 Å². The van der Waals surface area contributed by atoms with Crippen LogP contribution in [0.3, 0.4) is 0 Å². The lowest BCUT2D eigenvalue weighted by Gasteiger charge is -2.13. The minimum absolute atomic E-state index is 0.00703. The van der Waals surface area contributed by atoms with Crippen molar-refractivity contribution in [2.45, 2.75) is 11.8 Å². The summed E-state index contributed by atoms with van der Waals surface area (Å²) in [6.07, 6.45) is 2.99. The van der Waals surface area contributed by atoms with Gasteiger partial charge in [-0.3, -0.25) is 9.71 Å². The molecule has 0 amide bonds. The maximum atomic E-state index is 12.4. The van der Waals surface area contributed by atoms with E-state index in [2.05, 4.69) is 9.71 Å². The quantitative estimate of drug-likeness (QED) is 0.942. The molecule has 0 aliphatic carbocycles. The van der Waals surface area contributed by atoms with Crippen molar-refractivity contribution in [1.82, 2.24) is 4.98 Å². The van der Waals surface area contributed by atoms with E-state index >= 15 is 0 Å². The zero-order valence-corrected chi connectivity index (χ0v) is 12.5. The molecule has 2 rings (SSSR count). The van der Waals surface area contributed by atoms with Crippen molar-refractivity contribution in [1.29, 1.82) is 0 Å². The first-order valence-electron chi connectivity index (χ1n) is 5.71. The van der Waals surface area contributed by atoms with Gasteiger partial charge in [-0.15, -0.1) is 0 Å². The number of aryl methyl sites for hydroxylation is 1. The van der Waals surface area contributed by atoms with E-state index in [9.17, 15) is 8.42 Å². The maximum Gasteiger partial charge on any atom is 0.265 e. The molecule has 0 saturated heterocycles. The molecule has 5 nitrogen and oxygen atoms in total. The average Bonchev–Trinajstić information content (AvgIpc) is 2.42. The van der Waals surface area contributed by atoms with Crippen molar-refractivity contribution in [2.75, 3.05) is 11.8 Å². The molecule has 0 spiro atoms. The lowest BCUT2D eigenvalue weighted by Crippen LogP contribution is -2.14. The largest absolute Gasteiger partial charge is 0.495 e. The van der Waals surface area contributed by atoms with E-state index in [-0.39, 0.29) is 10.6 Å². The molecule has 106 valence electrons. The van der Waals surface area contributed by atoms with Crippen LogP contribution in [0.15, 0.2) is 41.6 Å². The Balaban J connectivity index is 2.47. The summed E-state index contributed by atoms with van der Waals surface area (Å²) in [6, 6.07) is 6.07. The van der Waals surface area contributed by atoms with Gasteiger partial charge in [0.05, 0.1) is 12.8 Å². The summed E-state index contributed by atoms with van der Waals surface area (Å²) in [5.41, 5.74) is 1.16. The zero-order valence-electron chi connectivity index (χ0n) is 10.9. The molecule has 0 atom stereocenters. The summed E-state index contributed by atoms with van der Waals surface area (Å²) in [7, 11) is -2.37. The molecule has 7 heteroatoms. The summed E-state index contributed by atoms with van der Waals surface area (Å²) in [4.78, 5) is 3.82. The van der Waals surface area contributed by atoms with Gasteiger partial charge in [0.25, 0.3) is 10.0 Å². The third-order valence-electron chi connectivity index (χ3n) is 2.67. The standard InChI is InChI=1S/C13H13ClN2O3S/c1-9-7-12(19-2)13(8-11(9)14)20(17,18)16-10-3-5-15-6-4-10/h3-8H,1-2H3,(H,15,16). The smallest absolute Gasteiger partial charge is 0.265 e. The molecular weight excluding hydrogens is 300 g/mol. The van der Waals surface area contributed by atoms with Gasteiger partial charge in [-0.05, 0) is 36.8 Å². The normalized spacial score (nSPS) is 11.2. The van der Waals surface area contributed by atoms with Crippen LogP contribution >= 0.6 is 11.6 Å². The fraction of sp³-hybridized carbons (Fsp3) is 0.154. The van der Waals surface area contributed by atoms with Crippen molar-refractivity contribution in [3.63, 3.8) is 0 Å². The van der Waals surface area contributed by atoms with Crippen molar-refractivity contribution in [2.24, 2.45) is 0 Å². The first kappa shape index (κ1) is 14.6. The van der Waals surface area contributed by atoms with Gasteiger partial charge >= 0.3 is 0 Å². The van der Waals surface area contributed by atoms with Crippen LogP contribution in [0.25, 0.3) is 0 Å². The van der Waals surface area contributed by atoms with Crippen molar-refractivity contribution >= 4 is 27.3 Å². The fourth-order valence-corrected chi connectivity index (χ4v) is 3.10. The minimum Gasteiger partial charge on any atom is -0.495 e. The van der Waals surface area contributed by atoms with E-state index in [1.807, 2.05) is 0 Å². The number of methoxy groups -OCH3 is 1. The predicted molar refractivity (Wildman–Crippen MR) is 77.8 cm³/mol. The molecule has 1 aromatic carbocycles. The van der Waals surface area contributed by atoms with Gasteiger partial charge in [0.2, 0.25) is 0 Å². The Morgan fingerprint density at radius 3 is 2.50 bits per heavy atom. The van der Waals surface area contributed by atoms with E-state index < -0.39 is 10.0 Å². The Morgan fingerprint density at radius 2 is 1.90 bits per heavy atom. The molecule has 0 fully saturated rings. The summed E-state index contributed by atoms with van der Waals surface area (Å²) < 4.78 is 32.3. The number of halogens is 1. The van der Waals surface area contributed by atoms with Gasteiger partial charge in [0, 0.05) is 17.4 Å². The molecular formula is C13H13ClN2O3S. The summed E-state index contributed by atoms with van der Waals surface area (Å²) in [5.74, 6) is 0.244. The van der Waals surface area contributed by atoms with Crippen LogP contribution < -0.4 is 9.46 Å². The molecule has 1 N–H and O–H groups in total. The second-order valence-electron chi connectivity index (χ2n) is 4.09. The van der Waals surface area contributed by atoms with Gasteiger partial charge in [-0.25, -0.2) is 8.42 Å². The number of pyridine rings is 1. The number of anilines is 1. The van der Waals surface area contributed by atoms with Crippen LogP contribution in [-0.4, -0.2) is 20.5 Å². The molecule has 1 heterocycles. The Labute approximate surface area is 122 Å². The van der Waals surface area contributed by atoms with Crippen LogP contribution in [0, 0.1) is 6.92 Å². The average molecular weight is 313 g/mol. The highest BCUT2D eigenvalue weighted by molar-refractivity contribution is 7.92. The van der Waals surface area contributed by atoms with Crippen LogP contribution in [-0.2, 0) is 10.0 Å². The first-order valence-corrected chi connectivity index (χ1v) is 7.57. The Bertz CT molecular complexity index is 718. The SMILES string of the molecule is COc1cc(C)c(Cl)cc1S(=O)(=O)Nc1ccncc1. The highest BCUT2D eigenvalue weighted by Gasteiger charge is 2.21. The molecule has 0 radical (unpaired) electrons. The number of hydrogen-bond acceptors (Lipinski definition) is 4. The topological polar surface area (TPSA) is 68.3 Å². The molecule has 2 aromatic rings. The fourth-order valence-electron chi connectivity index (χ4n) is 1.64. The van der Waals surface area contributed by atoms with Crippen molar-refractivity contribution in [3.05, 3.63) is 47.2 Å². The molecule has 1 aromatic heterocycles. The Hall–Kier alpha value is -1.79. The second-order valence-corrected chi connectivity index (χ2v) is 6.15. The maximum absolute atomic E-state index is 12.4. The highest BCUT2D eigenvalue weighted by atomic mass is 35.5. The Morgan fingerprint density at radius 1 is 1.25 bits per heavy atom.